The highest BCUT2D eigenvalue weighted by Crippen LogP contribution is 2.23. The van der Waals surface area contributed by atoms with Crippen LogP contribution in [0.4, 0.5) is 14.5 Å². The molecule has 8 nitrogen and oxygen atoms in total. The number of amides is 1. The average Bonchev–Trinajstić information content (AvgIpc) is 3.10. The van der Waals surface area contributed by atoms with Crippen molar-refractivity contribution >= 4 is 21.6 Å². The van der Waals surface area contributed by atoms with Crippen molar-refractivity contribution in [2.24, 2.45) is 5.92 Å². The highest BCUT2D eigenvalue weighted by atomic mass is 32.2. The van der Waals surface area contributed by atoms with Crippen molar-refractivity contribution in [1.29, 1.82) is 0 Å². The molecule has 0 spiro atoms. The number of hydrazine groups is 1. The van der Waals surface area contributed by atoms with Gasteiger partial charge in [0.05, 0.1) is 13.0 Å². The first-order valence-electron chi connectivity index (χ1n) is 9.09. The van der Waals surface area contributed by atoms with E-state index in [4.69, 9.17) is 4.74 Å². The maximum atomic E-state index is 13.8. The summed E-state index contributed by atoms with van der Waals surface area (Å²) in [7, 11) is -2.51. The van der Waals surface area contributed by atoms with Crippen molar-refractivity contribution in [3.05, 3.63) is 59.7 Å². The first-order chi connectivity index (χ1) is 14.2. The molecule has 0 bridgehead atoms. The molecule has 1 aliphatic heterocycles. The monoisotopic (exact) mass is 440 g/mol. The summed E-state index contributed by atoms with van der Waals surface area (Å²) in [6, 6.07) is 8.78. The Morgan fingerprint density at radius 3 is 2.47 bits per heavy atom. The number of benzene rings is 2. The van der Waals surface area contributed by atoms with Gasteiger partial charge in [-0.1, -0.05) is 6.07 Å². The molecule has 0 saturated carbocycles. The molecule has 1 amide bonds. The lowest BCUT2D eigenvalue weighted by Gasteiger charge is -2.21. The number of hydrogen-bond donors (Lipinski definition) is 4. The van der Waals surface area contributed by atoms with Crippen molar-refractivity contribution in [2.45, 2.75) is 24.9 Å². The number of hydrogen-bond acceptors (Lipinski definition) is 6. The lowest BCUT2D eigenvalue weighted by atomic mass is 10.0. The zero-order valence-corrected chi connectivity index (χ0v) is 17.1. The van der Waals surface area contributed by atoms with Crippen LogP contribution in [-0.4, -0.2) is 32.9 Å². The Labute approximate surface area is 173 Å². The Balaban J connectivity index is 1.71. The van der Waals surface area contributed by atoms with Crippen molar-refractivity contribution in [3.63, 3.8) is 0 Å². The molecular formula is C19H22F2N4O4S. The van der Waals surface area contributed by atoms with Crippen molar-refractivity contribution in [1.82, 2.24) is 16.2 Å². The molecule has 1 fully saturated rings. The molecule has 3 atom stereocenters. The third-order valence-corrected chi connectivity index (χ3v) is 6.37. The minimum atomic E-state index is -4.01. The first-order valence-corrected chi connectivity index (χ1v) is 10.6. The highest BCUT2D eigenvalue weighted by Gasteiger charge is 2.46. The van der Waals surface area contributed by atoms with Gasteiger partial charge in [-0.25, -0.2) is 22.6 Å². The summed E-state index contributed by atoms with van der Waals surface area (Å²) in [4.78, 5) is 12.7. The second-order valence-corrected chi connectivity index (χ2v) is 8.65. The molecule has 3 unspecified atom stereocenters. The Morgan fingerprint density at radius 2 is 1.83 bits per heavy atom. The molecule has 30 heavy (non-hydrogen) atoms. The van der Waals surface area contributed by atoms with Gasteiger partial charge in [0.15, 0.2) is 5.37 Å². The maximum Gasteiger partial charge on any atom is 0.250 e. The number of carbonyl (C=O) groups is 1. The van der Waals surface area contributed by atoms with E-state index in [1.54, 1.807) is 19.1 Å². The van der Waals surface area contributed by atoms with Gasteiger partial charge < -0.3 is 10.1 Å². The van der Waals surface area contributed by atoms with E-state index in [1.165, 1.54) is 25.3 Å². The highest BCUT2D eigenvalue weighted by molar-refractivity contribution is 7.93. The van der Waals surface area contributed by atoms with Gasteiger partial charge in [0, 0.05) is 29.9 Å². The van der Waals surface area contributed by atoms with Gasteiger partial charge in [0.1, 0.15) is 17.4 Å². The maximum absolute atomic E-state index is 13.8. The zero-order chi connectivity index (χ0) is 21.9. The number of halogens is 2. The van der Waals surface area contributed by atoms with Crippen LogP contribution in [0.2, 0.25) is 0 Å². The molecule has 2 aromatic carbocycles. The zero-order valence-electron chi connectivity index (χ0n) is 16.3. The van der Waals surface area contributed by atoms with Crippen molar-refractivity contribution < 1.29 is 26.7 Å². The van der Waals surface area contributed by atoms with E-state index in [1.807, 2.05) is 0 Å². The van der Waals surface area contributed by atoms with Crippen molar-refractivity contribution in [2.75, 3.05) is 11.8 Å². The minimum absolute atomic E-state index is 0.0899. The molecule has 0 aliphatic carbocycles. The van der Waals surface area contributed by atoms with Gasteiger partial charge in [-0.3, -0.25) is 14.9 Å². The Hall–Kier alpha value is -2.76. The molecule has 1 saturated heterocycles. The lowest BCUT2D eigenvalue weighted by molar-refractivity contribution is -0.125. The standard InChI is InChI=1S/C19H22F2N4O4S/c1-11-17(18(26)22-10-12-3-4-13(20)9-16(12)21)19(24-23-11)30(27,28)25-14-5-7-15(29-2)8-6-14/h3-9,11,17,19,23-25H,10H2,1-2H3,(H,22,26). The summed E-state index contributed by atoms with van der Waals surface area (Å²) in [6.45, 7) is 1.45. The third-order valence-electron chi connectivity index (χ3n) is 4.77. The molecule has 0 aromatic heterocycles. The van der Waals surface area contributed by atoms with E-state index in [0.29, 0.717) is 11.4 Å². The molecule has 4 N–H and O–H groups in total. The molecule has 0 radical (unpaired) electrons. The van der Waals surface area contributed by atoms with Crippen LogP contribution in [0.5, 0.6) is 5.75 Å². The van der Waals surface area contributed by atoms with Gasteiger partial charge in [-0.15, -0.1) is 0 Å². The first kappa shape index (κ1) is 21.9. The van der Waals surface area contributed by atoms with Crippen LogP contribution in [0.15, 0.2) is 42.5 Å². The average molecular weight is 440 g/mol. The number of ether oxygens (including phenoxy) is 1. The molecule has 2 aromatic rings. The van der Waals surface area contributed by atoms with Crippen LogP contribution in [0.3, 0.4) is 0 Å². The number of sulfonamides is 1. The van der Waals surface area contributed by atoms with E-state index in [9.17, 15) is 22.0 Å². The van der Waals surface area contributed by atoms with Gasteiger partial charge in [0.25, 0.3) is 10.0 Å². The summed E-state index contributed by atoms with van der Waals surface area (Å²) in [5.41, 5.74) is 5.78. The molecule has 162 valence electrons. The van der Waals surface area contributed by atoms with Gasteiger partial charge >= 0.3 is 0 Å². The topological polar surface area (TPSA) is 109 Å². The van der Waals surface area contributed by atoms with Crippen LogP contribution in [0.1, 0.15) is 12.5 Å². The number of anilines is 1. The van der Waals surface area contributed by atoms with E-state index >= 15 is 0 Å². The summed E-state index contributed by atoms with van der Waals surface area (Å²) in [6.07, 6.45) is 0. The fraction of sp³-hybridized carbons (Fsp3) is 0.316. The number of methoxy groups -OCH3 is 1. The molecular weight excluding hydrogens is 418 g/mol. The second kappa shape index (κ2) is 8.94. The number of nitrogens with one attached hydrogen (secondary N) is 4. The summed E-state index contributed by atoms with van der Waals surface area (Å²) in [5.74, 6) is -2.54. The minimum Gasteiger partial charge on any atom is -0.497 e. The predicted molar refractivity (Wildman–Crippen MR) is 107 cm³/mol. The fourth-order valence-electron chi connectivity index (χ4n) is 3.14. The van der Waals surface area contributed by atoms with Crippen LogP contribution >= 0.6 is 0 Å². The van der Waals surface area contributed by atoms with Crippen LogP contribution in [0, 0.1) is 17.6 Å². The van der Waals surface area contributed by atoms with Crippen LogP contribution < -0.4 is 25.6 Å². The summed E-state index contributed by atoms with van der Waals surface area (Å²) >= 11 is 0. The molecule has 3 rings (SSSR count). The van der Waals surface area contributed by atoms with Crippen molar-refractivity contribution in [3.8, 4) is 5.75 Å². The van der Waals surface area contributed by atoms with Gasteiger partial charge in [0.2, 0.25) is 5.91 Å². The van der Waals surface area contributed by atoms with Crippen LogP contribution in [0.25, 0.3) is 0 Å². The Morgan fingerprint density at radius 1 is 1.13 bits per heavy atom. The van der Waals surface area contributed by atoms with Gasteiger partial charge in [-0.05, 0) is 37.3 Å². The number of carbonyl (C=O) groups excluding carboxylic acids is 1. The third kappa shape index (κ3) is 4.86. The Kier molecular flexibility index (Phi) is 6.54. The van der Waals surface area contributed by atoms with Crippen LogP contribution in [-0.2, 0) is 21.4 Å². The van der Waals surface area contributed by atoms with E-state index in [2.05, 4.69) is 20.9 Å². The SMILES string of the molecule is COc1ccc(NS(=O)(=O)C2NNC(C)C2C(=O)NCc2ccc(F)cc2F)cc1. The second-order valence-electron chi connectivity index (χ2n) is 6.85. The quantitative estimate of drug-likeness (QED) is 0.519. The fourth-order valence-corrected chi connectivity index (χ4v) is 4.70. The van der Waals surface area contributed by atoms with E-state index < -0.39 is 44.9 Å². The summed E-state index contributed by atoms with van der Waals surface area (Å²) in [5, 5.41) is 1.25. The van der Waals surface area contributed by atoms with E-state index in [0.717, 1.165) is 12.1 Å². The summed E-state index contributed by atoms with van der Waals surface area (Å²) < 4.78 is 60.0. The predicted octanol–water partition coefficient (Wildman–Crippen LogP) is 1.47. The Bertz CT molecular complexity index is 1020. The molecule has 11 heteroatoms. The lowest BCUT2D eigenvalue weighted by Crippen LogP contribution is -2.47. The smallest absolute Gasteiger partial charge is 0.250 e. The van der Waals surface area contributed by atoms with E-state index in [-0.39, 0.29) is 12.1 Å². The largest absolute Gasteiger partial charge is 0.497 e. The molecule has 1 heterocycles. The normalized spacial score (nSPS) is 21.3. The van der Waals surface area contributed by atoms with Gasteiger partial charge in [-0.2, -0.15) is 0 Å². The number of rotatable bonds is 7. The molecule has 1 aliphatic rings.